The highest BCUT2D eigenvalue weighted by Crippen LogP contribution is 2.21. The number of aromatic nitrogens is 6. The predicted molar refractivity (Wildman–Crippen MR) is 91.1 cm³/mol. The number of aryl methyl sites for hydroxylation is 2. The fourth-order valence-corrected chi connectivity index (χ4v) is 2.82. The molecule has 0 radical (unpaired) electrons. The van der Waals surface area contributed by atoms with Gasteiger partial charge in [-0.1, -0.05) is 18.2 Å². The molecule has 2 heterocycles. The maximum Gasteiger partial charge on any atom is 0.244 e. The molecule has 3 aromatic rings. The zero-order valence-corrected chi connectivity index (χ0v) is 14.3. The number of hydrogen-bond acceptors (Lipinski definition) is 6. The highest BCUT2D eigenvalue weighted by molar-refractivity contribution is 5.83. The third-order valence-electron chi connectivity index (χ3n) is 4.09. The van der Waals surface area contributed by atoms with Crippen LogP contribution >= 0.6 is 0 Å². The van der Waals surface area contributed by atoms with Gasteiger partial charge in [-0.2, -0.15) is 10.3 Å². The topological polar surface area (TPSA) is 129 Å². The molecule has 9 heteroatoms. The molecule has 0 saturated carbocycles. The first-order valence-corrected chi connectivity index (χ1v) is 7.82. The molecule has 3 rings (SSSR count). The van der Waals surface area contributed by atoms with Gasteiger partial charge in [-0.25, -0.2) is 0 Å². The molecule has 1 aromatic carbocycles. The number of rotatable bonds is 5. The maximum absolute atomic E-state index is 12.7. The number of likely N-dealkylation sites (N-methyl/N-ethyl adjacent to an activating group) is 1. The van der Waals surface area contributed by atoms with Crippen LogP contribution in [0, 0.1) is 13.8 Å². The van der Waals surface area contributed by atoms with Crippen LogP contribution in [0.5, 0.6) is 0 Å². The van der Waals surface area contributed by atoms with Crippen LogP contribution < -0.4 is 5.73 Å². The van der Waals surface area contributed by atoms with Crippen molar-refractivity contribution < 1.29 is 4.79 Å². The second kappa shape index (κ2) is 6.81. The van der Waals surface area contributed by atoms with Crippen molar-refractivity contribution in [3.05, 3.63) is 46.8 Å². The third-order valence-corrected chi connectivity index (χ3v) is 4.09. The number of hydrogen-bond donors (Lipinski definition) is 3. The van der Waals surface area contributed by atoms with E-state index in [0.29, 0.717) is 12.4 Å². The zero-order chi connectivity index (χ0) is 18.0. The first-order chi connectivity index (χ1) is 12.0. The van der Waals surface area contributed by atoms with Gasteiger partial charge in [0.1, 0.15) is 6.04 Å². The van der Waals surface area contributed by atoms with Crippen molar-refractivity contribution in [1.29, 1.82) is 0 Å². The summed E-state index contributed by atoms with van der Waals surface area (Å²) < 4.78 is 0. The van der Waals surface area contributed by atoms with E-state index in [1.54, 1.807) is 11.9 Å². The van der Waals surface area contributed by atoms with Gasteiger partial charge in [0, 0.05) is 30.4 Å². The number of nitrogens with zero attached hydrogens (tertiary/aromatic N) is 5. The van der Waals surface area contributed by atoms with Gasteiger partial charge in [-0.15, -0.1) is 10.2 Å². The molecule has 0 spiro atoms. The van der Waals surface area contributed by atoms with Crippen molar-refractivity contribution in [3.63, 3.8) is 0 Å². The van der Waals surface area contributed by atoms with Crippen molar-refractivity contribution in [2.45, 2.75) is 26.4 Å². The fraction of sp³-hybridized carbons (Fsp3) is 0.312. The van der Waals surface area contributed by atoms with E-state index in [9.17, 15) is 4.79 Å². The standard InChI is InChI=1S/C16H20N8O/c1-9-13(10(2)19-18-9)14(17)16(25)24(3)8-11-5-4-6-12(7-11)15-20-22-23-21-15/h4-7,14H,8,17H2,1-3H3,(H,18,19)(H,20,21,22,23). The van der Waals surface area contributed by atoms with Crippen LogP contribution in [-0.4, -0.2) is 48.7 Å². The highest BCUT2D eigenvalue weighted by Gasteiger charge is 2.24. The second-order valence-corrected chi connectivity index (χ2v) is 5.96. The Morgan fingerprint density at radius 3 is 2.76 bits per heavy atom. The Kier molecular flexibility index (Phi) is 4.57. The molecule has 0 saturated heterocycles. The van der Waals surface area contributed by atoms with Crippen LogP contribution in [0.4, 0.5) is 0 Å². The Morgan fingerprint density at radius 2 is 2.12 bits per heavy atom. The minimum atomic E-state index is -0.746. The summed E-state index contributed by atoms with van der Waals surface area (Å²) in [6.07, 6.45) is 0. The summed E-state index contributed by atoms with van der Waals surface area (Å²) in [6, 6.07) is 6.90. The number of carbonyl (C=O) groups excluding carboxylic acids is 1. The summed E-state index contributed by atoms with van der Waals surface area (Å²) >= 11 is 0. The number of amides is 1. The maximum atomic E-state index is 12.7. The van der Waals surface area contributed by atoms with Gasteiger partial charge >= 0.3 is 0 Å². The van der Waals surface area contributed by atoms with E-state index in [4.69, 9.17) is 5.73 Å². The number of aromatic amines is 2. The summed E-state index contributed by atoms with van der Waals surface area (Å²) in [5, 5.41) is 20.9. The van der Waals surface area contributed by atoms with Crippen LogP contribution in [0.15, 0.2) is 24.3 Å². The Bertz CT molecular complexity index is 851. The van der Waals surface area contributed by atoms with Crippen molar-refractivity contribution >= 4 is 5.91 Å². The molecule has 0 fully saturated rings. The van der Waals surface area contributed by atoms with Gasteiger partial charge in [-0.3, -0.25) is 9.89 Å². The minimum Gasteiger partial charge on any atom is -0.340 e. The lowest BCUT2D eigenvalue weighted by Gasteiger charge is -2.22. The van der Waals surface area contributed by atoms with Crippen LogP contribution in [0.2, 0.25) is 0 Å². The average molecular weight is 340 g/mol. The average Bonchev–Trinajstić information content (AvgIpc) is 3.24. The summed E-state index contributed by atoms with van der Waals surface area (Å²) in [4.78, 5) is 14.3. The van der Waals surface area contributed by atoms with Crippen LogP contribution in [-0.2, 0) is 11.3 Å². The van der Waals surface area contributed by atoms with E-state index < -0.39 is 6.04 Å². The molecule has 25 heavy (non-hydrogen) atoms. The van der Waals surface area contributed by atoms with Crippen LogP contribution in [0.3, 0.4) is 0 Å². The number of carbonyl (C=O) groups is 1. The normalized spacial score (nSPS) is 12.2. The molecule has 0 aliphatic rings. The number of nitrogens with one attached hydrogen (secondary N) is 2. The molecule has 1 unspecified atom stereocenters. The Balaban J connectivity index is 1.75. The lowest BCUT2D eigenvalue weighted by atomic mass is 10.0. The van der Waals surface area contributed by atoms with E-state index in [2.05, 4.69) is 30.8 Å². The van der Waals surface area contributed by atoms with Crippen molar-refractivity contribution in [2.75, 3.05) is 7.05 Å². The predicted octanol–water partition coefficient (Wildman–Crippen LogP) is 0.865. The Morgan fingerprint density at radius 1 is 1.32 bits per heavy atom. The molecule has 2 aromatic heterocycles. The summed E-state index contributed by atoms with van der Waals surface area (Å²) in [5.74, 6) is 0.342. The summed E-state index contributed by atoms with van der Waals surface area (Å²) in [5.41, 5.74) is 10.2. The van der Waals surface area contributed by atoms with Crippen LogP contribution in [0.25, 0.3) is 11.4 Å². The molecule has 0 aliphatic carbocycles. The van der Waals surface area contributed by atoms with Gasteiger partial charge in [-0.05, 0) is 30.7 Å². The molecule has 4 N–H and O–H groups in total. The zero-order valence-electron chi connectivity index (χ0n) is 14.3. The summed E-state index contributed by atoms with van der Waals surface area (Å²) in [6.45, 7) is 4.12. The van der Waals surface area contributed by atoms with Crippen molar-refractivity contribution in [2.24, 2.45) is 5.73 Å². The molecule has 9 nitrogen and oxygen atoms in total. The molecule has 130 valence electrons. The molecule has 1 atom stereocenters. The van der Waals surface area contributed by atoms with Gasteiger partial charge < -0.3 is 10.6 Å². The second-order valence-electron chi connectivity index (χ2n) is 5.96. The van der Waals surface area contributed by atoms with Crippen LogP contribution in [0.1, 0.15) is 28.6 Å². The summed E-state index contributed by atoms with van der Waals surface area (Å²) in [7, 11) is 1.73. The van der Waals surface area contributed by atoms with E-state index in [-0.39, 0.29) is 5.91 Å². The Hall–Kier alpha value is -3.07. The fourth-order valence-electron chi connectivity index (χ4n) is 2.82. The SMILES string of the molecule is Cc1n[nH]c(C)c1C(N)C(=O)N(C)Cc1cccc(-c2nn[nH]n2)c1. The van der Waals surface area contributed by atoms with E-state index in [0.717, 1.165) is 28.1 Å². The third kappa shape index (κ3) is 3.41. The largest absolute Gasteiger partial charge is 0.340 e. The molecule has 0 bridgehead atoms. The first-order valence-electron chi connectivity index (χ1n) is 7.82. The first kappa shape index (κ1) is 16.8. The van der Waals surface area contributed by atoms with E-state index >= 15 is 0 Å². The number of H-pyrrole nitrogens is 2. The van der Waals surface area contributed by atoms with Crippen molar-refractivity contribution in [1.82, 2.24) is 35.7 Å². The van der Waals surface area contributed by atoms with Gasteiger partial charge in [0.25, 0.3) is 0 Å². The van der Waals surface area contributed by atoms with E-state index in [1.165, 1.54) is 0 Å². The highest BCUT2D eigenvalue weighted by atomic mass is 16.2. The quantitative estimate of drug-likeness (QED) is 0.632. The number of tetrazole rings is 1. The van der Waals surface area contributed by atoms with Gasteiger partial charge in [0.15, 0.2) is 0 Å². The van der Waals surface area contributed by atoms with E-state index in [1.807, 2.05) is 38.1 Å². The molecule has 0 aliphatic heterocycles. The van der Waals surface area contributed by atoms with Crippen molar-refractivity contribution in [3.8, 4) is 11.4 Å². The lowest BCUT2D eigenvalue weighted by Crippen LogP contribution is -2.36. The lowest BCUT2D eigenvalue weighted by molar-refractivity contribution is -0.132. The van der Waals surface area contributed by atoms with Gasteiger partial charge in [0.05, 0.1) is 5.69 Å². The van der Waals surface area contributed by atoms with Gasteiger partial charge in [0.2, 0.25) is 11.7 Å². The molecular weight excluding hydrogens is 320 g/mol. The number of nitrogens with two attached hydrogens (primary N) is 1. The smallest absolute Gasteiger partial charge is 0.244 e. The molecular formula is C16H20N8O. The Labute approximate surface area is 144 Å². The number of benzene rings is 1. The minimum absolute atomic E-state index is 0.169. The molecule has 1 amide bonds. The monoisotopic (exact) mass is 340 g/mol.